The van der Waals surface area contributed by atoms with Crippen molar-refractivity contribution in [3.05, 3.63) is 64.7 Å². The lowest BCUT2D eigenvalue weighted by atomic mass is 10.1. The van der Waals surface area contributed by atoms with E-state index in [9.17, 15) is 9.59 Å². The number of carbonyl (C=O) groups is 2. The van der Waals surface area contributed by atoms with Gasteiger partial charge in [0.2, 0.25) is 5.91 Å². The van der Waals surface area contributed by atoms with Gasteiger partial charge in [-0.05, 0) is 61.9 Å². The number of amides is 2. The number of benzene rings is 2. The van der Waals surface area contributed by atoms with Crippen molar-refractivity contribution in [1.82, 2.24) is 5.32 Å². The minimum Gasteiger partial charge on any atom is -0.352 e. The van der Waals surface area contributed by atoms with E-state index in [1.54, 1.807) is 12.1 Å². The van der Waals surface area contributed by atoms with Crippen LogP contribution in [0.4, 0.5) is 5.69 Å². The second kappa shape index (κ2) is 9.91. The first-order valence-corrected chi connectivity index (χ1v) is 9.59. The standard InChI is InChI=1S/C23H30N2O2/c1-16(2)15-24-23(27)20-12-13-21(18(4)14-20)25-22(26)7-5-6-19-10-8-17(3)9-11-19/h8-14,16H,5-7,15H2,1-4H3,(H,24,27)(H,25,26). The van der Waals surface area contributed by atoms with Crippen LogP contribution in [0.3, 0.4) is 0 Å². The maximum atomic E-state index is 12.2. The number of anilines is 1. The normalized spacial score (nSPS) is 10.7. The first kappa shape index (κ1) is 20.7. The lowest BCUT2D eigenvalue weighted by molar-refractivity contribution is -0.116. The zero-order valence-electron chi connectivity index (χ0n) is 16.8. The van der Waals surface area contributed by atoms with Crippen LogP contribution in [0.15, 0.2) is 42.5 Å². The highest BCUT2D eigenvalue weighted by atomic mass is 16.2. The molecule has 0 bridgehead atoms. The van der Waals surface area contributed by atoms with Gasteiger partial charge in [-0.2, -0.15) is 0 Å². The van der Waals surface area contributed by atoms with Gasteiger partial charge < -0.3 is 10.6 Å². The summed E-state index contributed by atoms with van der Waals surface area (Å²) in [6.45, 7) is 8.74. The Bertz CT molecular complexity index is 779. The number of rotatable bonds is 8. The van der Waals surface area contributed by atoms with Crippen molar-refractivity contribution in [3.8, 4) is 0 Å². The highest BCUT2D eigenvalue weighted by molar-refractivity contribution is 5.96. The Hall–Kier alpha value is -2.62. The van der Waals surface area contributed by atoms with E-state index in [1.165, 1.54) is 11.1 Å². The maximum absolute atomic E-state index is 12.2. The van der Waals surface area contributed by atoms with Crippen LogP contribution < -0.4 is 10.6 Å². The Morgan fingerprint density at radius 2 is 1.70 bits per heavy atom. The van der Waals surface area contributed by atoms with Crippen molar-refractivity contribution in [2.24, 2.45) is 5.92 Å². The number of carbonyl (C=O) groups excluding carboxylic acids is 2. The summed E-state index contributed by atoms with van der Waals surface area (Å²) in [5.41, 5.74) is 4.76. The van der Waals surface area contributed by atoms with Gasteiger partial charge in [0.15, 0.2) is 0 Å². The molecule has 0 spiro atoms. The third-order valence-corrected chi connectivity index (χ3v) is 4.42. The number of nitrogens with one attached hydrogen (secondary N) is 2. The largest absolute Gasteiger partial charge is 0.352 e. The molecule has 2 N–H and O–H groups in total. The van der Waals surface area contributed by atoms with Crippen LogP contribution in [0.1, 0.15) is 53.7 Å². The third kappa shape index (κ3) is 6.89. The molecule has 4 heteroatoms. The summed E-state index contributed by atoms with van der Waals surface area (Å²) in [5.74, 6) is 0.332. The Morgan fingerprint density at radius 1 is 1.00 bits per heavy atom. The molecule has 2 aromatic carbocycles. The van der Waals surface area contributed by atoms with Crippen LogP contribution in [-0.4, -0.2) is 18.4 Å². The molecule has 0 aromatic heterocycles. The highest BCUT2D eigenvalue weighted by Crippen LogP contribution is 2.17. The van der Waals surface area contributed by atoms with Crippen LogP contribution in [-0.2, 0) is 11.2 Å². The molecule has 0 fully saturated rings. The predicted octanol–water partition coefficient (Wildman–Crippen LogP) is 4.65. The summed E-state index contributed by atoms with van der Waals surface area (Å²) in [6.07, 6.45) is 2.18. The molecule has 2 rings (SSSR count). The van der Waals surface area contributed by atoms with Crippen molar-refractivity contribution < 1.29 is 9.59 Å². The molecule has 0 aliphatic rings. The summed E-state index contributed by atoms with van der Waals surface area (Å²) in [7, 11) is 0. The Labute approximate surface area is 162 Å². The molecule has 0 aliphatic carbocycles. The van der Waals surface area contributed by atoms with Gasteiger partial charge in [0.1, 0.15) is 0 Å². The third-order valence-electron chi connectivity index (χ3n) is 4.42. The first-order chi connectivity index (χ1) is 12.8. The molecule has 27 heavy (non-hydrogen) atoms. The molecule has 0 saturated heterocycles. The van der Waals surface area contributed by atoms with Crippen LogP contribution in [0.5, 0.6) is 0 Å². The average molecular weight is 367 g/mol. The Kier molecular flexibility index (Phi) is 7.59. The minimum atomic E-state index is -0.0808. The quantitative estimate of drug-likeness (QED) is 0.714. The molecular formula is C23H30N2O2. The van der Waals surface area contributed by atoms with E-state index in [-0.39, 0.29) is 11.8 Å². The van der Waals surface area contributed by atoms with E-state index in [2.05, 4.69) is 55.7 Å². The van der Waals surface area contributed by atoms with Crippen molar-refractivity contribution in [3.63, 3.8) is 0 Å². The molecule has 2 aromatic rings. The zero-order valence-corrected chi connectivity index (χ0v) is 16.8. The summed E-state index contributed by atoms with van der Waals surface area (Å²) in [6, 6.07) is 13.8. The van der Waals surface area contributed by atoms with E-state index in [0.29, 0.717) is 24.4 Å². The van der Waals surface area contributed by atoms with E-state index in [4.69, 9.17) is 0 Å². The van der Waals surface area contributed by atoms with E-state index >= 15 is 0 Å². The second-order valence-electron chi connectivity index (χ2n) is 7.52. The predicted molar refractivity (Wildman–Crippen MR) is 111 cm³/mol. The van der Waals surface area contributed by atoms with Gasteiger partial charge in [-0.15, -0.1) is 0 Å². The number of aryl methyl sites for hydroxylation is 3. The Balaban J connectivity index is 1.84. The fourth-order valence-corrected chi connectivity index (χ4v) is 2.76. The van der Waals surface area contributed by atoms with Crippen molar-refractivity contribution in [2.45, 2.75) is 47.0 Å². The van der Waals surface area contributed by atoms with Crippen LogP contribution in [0.25, 0.3) is 0 Å². The minimum absolute atomic E-state index is 0.00206. The van der Waals surface area contributed by atoms with Crippen LogP contribution in [0, 0.1) is 19.8 Å². The molecule has 0 radical (unpaired) electrons. The monoisotopic (exact) mass is 366 g/mol. The molecule has 0 heterocycles. The SMILES string of the molecule is Cc1ccc(CCCC(=O)Nc2ccc(C(=O)NCC(C)C)cc2C)cc1. The summed E-state index contributed by atoms with van der Waals surface area (Å²) >= 11 is 0. The van der Waals surface area contributed by atoms with Crippen LogP contribution >= 0.6 is 0 Å². The van der Waals surface area contributed by atoms with Gasteiger partial charge in [0, 0.05) is 24.2 Å². The highest BCUT2D eigenvalue weighted by Gasteiger charge is 2.10. The van der Waals surface area contributed by atoms with Crippen LogP contribution in [0.2, 0.25) is 0 Å². The van der Waals surface area contributed by atoms with Gasteiger partial charge >= 0.3 is 0 Å². The van der Waals surface area contributed by atoms with Gasteiger partial charge in [-0.25, -0.2) is 0 Å². The molecule has 0 aliphatic heterocycles. The lowest BCUT2D eigenvalue weighted by Crippen LogP contribution is -2.27. The van der Waals surface area contributed by atoms with Gasteiger partial charge in [-0.3, -0.25) is 9.59 Å². The van der Waals surface area contributed by atoms with Gasteiger partial charge in [0.05, 0.1) is 0 Å². The number of hydrogen-bond donors (Lipinski definition) is 2. The molecule has 144 valence electrons. The van der Waals surface area contributed by atoms with Gasteiger partial charge in [-0.1, -0.05) is 43.7 Å². The van der Waals surface area contributed by atoms with Crippen molar-refractivity contribution in [1.29, 1.82) is 0 Å². The van der Waals surface area contributed by atoms with Crippen molar-refractivity contribution >= 4 is 17.5 Å². The topological polar surface area (TPSA) is 58.2 Å². The molecule has 0 atom stereocenters. The fraction of sp³-hybridized carbons (Fsp3) is 0.391. The smallest absolute Gasteiger partial charge is 0.251 e. The maximum Gasteiger partial charge on any atom is 0.251 e. The van der Waals surface area contributed by atoms with E-state index < -0.39 is 0 Å². The summed E-state index contributed by atoms with van der Waals surface area (Å²) in [4.78, 5) is 24.3. The molecule has 4 nitrogen and oxygen atoms in total. The molecule has 0 unspecified atom stereocenters. The molecular weight excluding hydrogens is 336 g/mol. The van der Waals surface area contributed by atoms with E-state index in [0.717, 1.165) is 24.1 Å². The second-order valence-corrected chi connectivity index (χ2v) is 7.52. The summed E-state index contributed by atoms with van der Waals surface area (Å²) in [5, 5.41) is 5.86. The van der Waals surface area contributed by atoms with Crippen molar-refractivity contribution in [2.75, 3.05) is 11.9 Å². The first-order valence-electron chi connectivity index (χ1n) is 9.59. The Morgan fingerprint density at radius 3 is 2.33 bits per heavy atom. The molecule has 2 amide bonds. The van der Waals surface area contributed by atoms with Gasteiger partial charge in [0.25, 0.3) is 5.91 Å². The lowest BCUT2D eigenvalue weighted by Gasteiger charge is -2.11. The molecule has 0 saturated carbocycles. The number of hydrogen-bond acceptors (Lipinski definition) is 2. The average Bonchev–Trinajstić information content (AvgIpc) is 2.63. The zero-order chi connectivity index (χ0) is 19.8. The van der Waals surface area contributed by atoms with E-state index in [1.807, 2.05) is 13.0 Å². The fourth-order valence-electron chi connectivity index (χ4n) is 2.76. The summed E-state index contributed by atoms with van der Waals surface area (Å²) < 4.78 is 0.